The van der Waals surface area contributed by atoms with Crippen LogP contribution in [0.4, 0.5) is 0 Å². The summed E-state index contributed by atoms with van der Waals surface area (Å²) in [6.45, 7) is 8.73. The van der Waals surface area contributed by atoms with Crippen molar-refractivity contribution in [1.29, 1.82) is 0 Å². The standard InChI is InChI=1S/C18H38O/c1-5-7-9-10-11-12-13-14-16-18(4,19)17(3)15-8-6-2/h17,19H,5-16H2,1-4H3. The minimum atomic E-state index is -0.447. The summed E-state index contributed by atoms with van der Waals surface area (Å²) in [6.07, 6.45) is 15.4. The third-order valence-corrected chi connectivity index (χ3v) is 4.59. The quantitative estimate of drug-likeness (QED) is 0.401. The van der Waals surface area contributed by atoms with Crippen LogP contribution in [0.15, 0.2) is 0 Å². The molecule has 0 saturated heterocycles. The Morgan fingerprint density at radius 1 is 0.789 bits per heavy atom. The van der Waals surface area contributed by atoms with Crippen LogP contribution in [0.1, 0.15) is 105 Å². The van der Waals surface area contributed by atoms with Gasteiger partial charge in [-0.3, -0.25) is 0 Å². The molecule has 0 aliphatic rings. The highest BCUT2D eigenvalue weighted by molar-refractivity contribution is 4.78. The fourth-order valence-electron chi connectivity index (χ4n) is 2.68. The first-order chi connectivity index (χ1) is 9.04. The molecule has 0 saturated carbocycles. The number of hydrogen-bond acceptors (Lipinski definition) is 1. The van der Waals surface area contributed by atoms with Crippen LogP contribution < -0.4 is 0 Å². The molecular weight excluding hydrogens is 232 g/mol. The predicted octanol–water partition coefficient (Wildman–Crippen LogP) is 6.09. The lowest BCUT2D eigenvalue weighted by atomic mass is 9.83. The first-order valence-corrected chi connectivity index (χ1v) is 8.77. The van der Waals surface area contributed by atoms with E-state index in [2.05, 4.69) is 20.8 Å². The van der Waals surface area contributed by atoms with Crippen LogP contribution in [0.5, 0.6) is 0 Å². The van der Waals surface area contributed by atoms with Crippen LogP contribution in [-0.4, -0.2) is 10.7 Å². The van der Waals surface area contributed by atoms with E-state index in [1.165, 1.54) is 70.6 Å². The molecule has 1 nitrogen and oxygen atoms in total. The maximum atomic E-state index is 10.5. The second kappa shape index (κ2) is 11.8. The Balaban J connectivity index is 3.52. The summed E-state index contributed by atoms with van der Waals surface area (Å²) in [5.41, 5.74) is -0.447. The molecule has 1 heteroatoms. The summed E-state index contributed by atoms with van der Waals surface area (Å²) in [5, 5.41) is 10.5. The molecule has 0 aromatic heterocycles. The molecule has 0 aliphatic carbocycles. The number of hydrogen-bond donors (Lipinski definition) is 1. The molecule has 1 N–H and O–H groups in total. The highest BCUT2D eigenvalue weighted by Crippen LogP contribution is 2.27. The molecule has 2 atom stereocenters. The van der Waals surface area contributed by atoms with Gasteiger partial charge in [-0.15, -0.1) is 0 Å². The number of aliphatic hydroxyl groups is 1. The SMILES string of the molecule is CCCCCCCCCCC(C)(O)C(C)CCCC. The zero-order chi connectivity index (χ0) is 14.6. The molecule has 0 aliphatic heterocycles. The van der Waals surface area contributed by atoms with Crippen molar-refractivity contribution in [1.82, 2.24) is 0 Å². The number of unbranched alkanes of at least 4 members (excludes halogenated alkanes) is 8. The van der Waals surface area contributed by atoms with E-state index in [0.29, 0.717) is 5.92 Å². The molecule has 19 heavy (non-hydrogen) atoms. The minimum Gasteiger partial charge on any atom is -0.390 e. The van der Waals surface area contributed by atoms with Crippen molar-refractivity contribution in [3.8, 4) is 0 Å². The average Bonchev–Trinajstić information content (AvgIpc) is 2.38. The van der Waals surface area contributed by atoms with Crippen LogP contribution >= 0.6 is 0 Å². The van der Waals surface area contributed by atoms with Gasteiger partial charge < -0.3 is 5.11 Å². The minimum absolute atomic E-state index is 0.442. The van der Waals surface area contributed by atoms with E-state index in [1.807, 2.05) is 6.92 Å². The van der Waals surface area contributed by atoms with E-state index in [-0.39, 0.29) is 0 Å². The Labute approximate surface area is 122 Å². The van der Waals surface area contributed by atoms with Crippen molar-refractivity contribution in [2.45, 2.75) is 110 Å². The van der Waals surface area contributed by atoms with Gasteiger partial charge in [0.15, 0.2) is 0 Å². The molecular formula is C18H38O. The Bertz CT molecular complexity index is 186. The van der Waals surface area contributed by atoms with Crippen molar-refractivity contribution >= 4 is 0 Å². The largest absolute Gasteiger partial charge is 0.390 e. The van der Waals surface area contributed by atoms with Crippen LogP contribution in [0.25, 0.3) is 0 Å². The summed E-state index contributed by atoms with van der Waals surface area (Å²) in [6, 6.07) is 0. The van der Waals surface area contributed by atoms with Gasteiger partial charge in [-0.25, -0.2) is 0 Å². The van der Waals surface area contributed by atoms with Gasteiger partial charge in [0, 0.05) is 0 Å². The van der Waals surface area contributed by atoms with E-state index >= 15 is 0 Å². The molecule has 0 spiro atoms. The normalized spacial score (nSPS) is 16.3. The highest BCUT2D eigenvalue weighted by atomic mass is 16.3. The fraction of sp³-hybridized carbons (Fsp3) is 1.00. The van der Waals surface area contributed by atoms with Crippen molar-refractivity contribution in [2.24, 2.45) is 5.92 Å². The van der Waals surface area contributed by atoms with Crippen LogP contribution in [-0.2, 0) is 0 Å². The zero-order valence-electron chi connectivity index (χ0n) is 14.0. The lowest BCUT2D eigenvalue weighted by molar-refractivity contribution is -0.00787. The van der Waals surface area contributed by atoms with Gasteiger partial charge in [-0.05, 0) is 25.7 Å². The predicted molar refractivity (Wildman–Crippen MR) is 86.5 cm³/mol. The maximum absolute atomic E-state index is 10.5. The maximum Gasteiger partial charge on any atom is 0.0645 e. The van der Waals surface area contributed by atoms with Crippen molar-refractivity contribution in [3.63, 3.8) is 0 Å². The molecule has 116 valence electrons. The summed E-state index contributed by atoms with van der Waals surface area (Å²) in [7, 11) is 0. The second-order valence-electron chi connectivity index (χ2n) is 6.63. The van der Waals surface area contributed by atoms with Crippen LogP contribution in [0.2, 0.25) is 0 Å². The molecule has 0 heterocycles. The lowest BCUT2D eigenvalue weighted by Gasteiger charge is -2.30. The molecule has 0 amide bonds. The molecule has 0 aromatic carbocycles. The molecule has 0 fully saturated rings. The van der Waals surface area contributed by atoms with Crippen molar-refractivity contribution in [2.75, 3.05) is 0 Å². The van der Waals surface area contributed by atoms with Gasteiger partial charge in [-0.2, -0.15) is 0 Å². The Morgan fingerprint density at radius 3 is 1.79 bits per heavy atom. The average molecular weight is 271 g/mol. The van der Waals surface area contributed by atoms with Crippen LogP contribution in [0, 0.1) is 5.92 Å². The topological polar surface area (TPSA) is 20.2 Å². The highest BCUT2D eigenvalue weighted by Gasteiger charge is 2.26. The van der Waals surface area contributed by atoms with E-state index in [9.17, 15) is 5.11 Å². The summed E-state index contributed by atoms with van der Waals surface area (Å²) >= 11 is 0. The second-order valence-corrected chi connectivity index (χ2v) is 6.63. The first-order valence-electron chi connectivity index (χ1n) is 8.77. The number of rotatable bonds is 13. The van der Waals surface area contributed by atoms with Gasteiger partial charge in [0.25, 0.3) is 0 Å². The van der Waals surface area contributed by atoms with Gasteiger partial charge in [0.05, 0.1) is 5.60 Å². The Morgan fingerprint density at radius 2 is 1.26 bits per heavy atom. The molecule has 0 bridgehead atoms. The summed E-state index contributed by atoms with van der Waals surface area (Å²) < 4.78 is 0. The fourth-order valence-corrected chi connectivity index (χ4v) is 2.68. The smallest absolute Gasteiger partial charge is 0.0645 e. The third-order valence-electron chi connectivity index (χ3n) is 4.59. The molecule has 0 aromatic rings. The van der Waals surface area contributed by atoms with E-state index in [4.69, 9.17) is 0 Å². The van der Waals surface area contributed by atoms with Crippen molar-refractivity contribution < 1.29 is 5.11 Å². The molecule has 0 rings (SSSR count). The van der Waals surface area contributed by atoms with E-state index in [0.717, 1.165) is 6.42 Å². The van der Waals surface area contributed by atoms with Gasteiger partial charge in [0.2, 0.25) is 0 Å². The first kappa shape index (κ1) is 19.0. The summed E-state index contributed by atoms with van der Waals surface area (Å²) in [4.78, 5) is 0. The van der Waals surface area contributed by atoms with Gasteiger partial charge in [0.1, 0.15) is 0 Å². The molecule has 2 unspecified atom stereocenters. The molecule has 0 radical (unpaired) electrons. The monoisotopic (exact) mass is 270 g/mol. The van der Waals surface area contributed by atoms with E-state index in [1.54, 1.807) is 0 Å². The van der Waals surface area contributed by atoms with Crippen LogP contribution in [0.3, 0.4) is 0 Å². The third kappa shape index (κ3) is 10.4. The van der Waals surface area contributed by atoms with Crippen molar-refractivity contribution in [3.05, 3.63) is 0 Å². The van der Waals surface area contributed by atoms with E-state index < -0.39 is 5.60 Å². The van der Waals surface area contributed by atoms with Gasteiger partial charge >= 0.3 is 0 Å². The Hall–Kier alpha value is -0.0400. The zero-order valence-corrected chi connectivity index (χ0v) is 14.0. The lowest BCUT2D eigenvalue weighted by Crippen LogP contribution is -2.32. The van der Waals surface area contributed by atoms with Gasteiger partial charge in [-0.1, -0.05) is 85.0 Å². The Kier molecular flexibility index (Phi) is 11.7. The summed E-state index contributed by atoms with van der Waals surface area (Å²) in [5.74, 6) is 0.442.